The molecule has 0 amide bonds. The Balaban J connectivity index is 2.55. The lowest BCUT2D eigenvalue weighted by Gasteiger charge is -1.96. The number of halogens is 1. The zero-order valence-corrected chi connectivity index (χ0v) is 9.32. The molecule has 15 heavy (non-hydrogen) atoms. The van der Waals surface area contributed by atoms with Gasteiger partial charge in [-0.3, -0.25) is 4.79 Å². The number of aliphatic carboxylic acids is 1. The van der Waals surface area contributed by atoms with E-state index in [1.165, 1.54) is 6.08 Å². The molecule has 0 saturated heterocycles. The van der Waals surface area contributed by atoms with Gasteiger partial charge in [-0.2, -0.15) is 0 Å². The zero-order valence-electron chi connectivity index (χ0n) is 8.57. The second-order valence-corrected chi connectivity index (χ2v) is 4.31. The van der Waals surface area contributed by atoms with Crippen LogP contribution < -0.4 is 0 Å². The average Bonchev–Trinajstić information content (AvgIpc) is 2.65. The highest BCUT2D eigenvalue weighted by Gasteiger charge is 2.60. The van der Waals surface area contributed by atoms with Gasteiger partial charge in [-0.05, 0) is 11.3 Å². The van der Waals surface area contributed by atoms with Crippen LogP contribution in [0.3, 0.4) is 0 Å². The first-order valence-electron chi connectivity index (χ1n) is 4.55. The van der Waals surface area contributed by atoms with E-state index in [1.54, 1.807) is 6.08 Å². The molecular weight excluding hydrogens is 220 g/mol. The van der Waals surface area contributed by atoms with Crippen molar-refractivity contribution in [3.63, 3.8) is 0 Å². The first-order valence-corrected chi connectivity index (χ1v) is 5.08. The minimum atomic E-state index is -0.833. The molecule has 5 heteroatoms. The first-order chi connectivity index (χ1) is 6.91. The van der Waals surface area contributed by atoms with Gasteiger partial charge in [0.25, 0.3) is 0 Å². The molecule has 1 aliphatic rings. The lowest BCUT2D eigenvalue weighted by molar-refractivity contribution is -0.139. The summed E-state index contributed by atoms with van der Waals surface area (Å²) in [5, 5.41) is 8.86. The molecule has 1 N–H and O–H groups in total. The van der Waals surface area contributed by atoms with Crippen LogP contribution >= 0.6 is 11.6 Å². The Morgan fingerprint density at radius 3 is 2.53 bits per heavy atom. The van der Waals surface area contributed by atoms with Crippen molar-refractivity contribution >= 4 is 23.5 Å². The highest BCUT2D eigenvalue weighted by atomic mass is 35.5. The molecule has 0 bridgehead atoms. The quantitative estimate of drug-likeness (QED) is 0.455. The number of allylic oxidation sites excluding steroid dienone is 1. The van der Waals surface area contributed by atoms with Gasteiger partial charge in [-0.25, -0.2) is 4.79 Å². The van der Waals surface area contributed by atoms with Crippen molar-refractivity contribution in [2.24, 2.45) is 17.3 Å². The maximum Gasteiger partial charge on any atom is 0.331 e. The van der Waals surface area contributed by atoms with E-state index in [0.717, 1.165) is 0 Å². The van der Waals surface area contributed by atoms with Gasteiger partial charge in [0, 0.05) is 6.08 Å². The van der Waals surface area contributed by atoms with E-state index in [4.69, 9.17) is 16.7 Å². The van der Waals surface area contributed by atoms with Crippen LogP contribution in [0.5, 0.6) is 0 Å². The maximum atomic E-state index is 10.9. The van der Waals surface area contributed by atoms with Gasteiger partial charge in [0.1, 0.15) is 0 Å². The molecule has 4 nitrogen and oxygen atoms in total. The molecule has 84 valence electrons. The smallest absolute Gasteiger partial charge is 0.331 e. The van der Waals surface area contributed by atoms with Gasteiger partial charge < -0.3 is 9.84 Å². The molecule has 1 saturated carbocycles. The molecular formula is C10H13ClO4. The molecule has 0 aromatic rings. The maximum absolute atomic E-state index is 10.9. The molecule has 1 rings (SSSR count). The third-order valence-electron chi connectivity index (χ3n) is 2.81. The molecule has 2 unspecified atom stereocenters. The summed E-state index contributed by atoms with van der Waals surface area (Å²) in [7, 11) is 0. The fourth-order valence-electron chi connectivity index (χ4n) is 1.79. The molecule has 0 aromatic carbocycles. The fourth-order valence-corrected chi connectivity index (χ4v) is 1.90. The molecule has 2 atom stereocenters. The number of esters is 1. The van der Waals surface area contributed by atoms with Crippen LogP contribution in [-0.2, 0) is 14.3 Å². The van der Waals surface area contributed by atoms with Crippen molar-refractivity contribution in [2.45, 2.75) is 13.8 Å². The third-order valence-corrected chi connectivity index (χ3v) is 2.92. The number of carboxylic acids is 1. The van der Waals surface area contributed by atoms with Crippen LogP contribution in [-0.4, -0.2) is 23.1 Å². The number of carbonyl (C=O) groups excluding carboxylic acids is 1. The van der Waals surface area contributed by atoms with Gasteiger partial charge in [-0.15, -0.1) is 0 Å². The third kappa shape index (κ3) is 2.50. The van der Waals surface area contributed by atoms with Crippen LogP contribution in [0.2, 0.25) is 0 Å². The van der Waals surface area contributed by atoms with Crippen LogP contribution in [0.1, 0.15) is 13.8 Å². The molecule has 0 heterocycles. The largest absolute Gasteiger partial charge is 0.481 e. The van der Waals surface area contributed by atoms with E-state index in [2.05, 4.69) is 4.74 Å². The van der Waals surface area contributed by atoms with Crippen LogP contribution in [0.4, 0.5) is 0 Å². The Hall–Kier alpha value is -1.03. The molecule has 0 aromatic heterocycles. The molecule has 0 radical (unpaired) electrons. The van der Waals surface area contributed by atoms with E-state index >= 15 is 0 Å². The average molecular weight is 233 g/mol. The van der Waals surface area contributed by atoms with Crippen molar-refractivity contribution in [1.29, 1.82) is 0 Å². The Kier molecular flexibility index (Phi) is 3.39. The van der Waals surface area contributed by atoms with E-state index in [1.807, 2.05) is 13.8 Å². The van der Waals surface area contributed by atoms with Crippen LogP contribution in [0.25, 0.3) is 0 Å². The minimum absolute atomic E-state index is 0.113. The molecule has 1 fully saturated rings. The Morgan fingerprint density at radius 2 is 2.13 bits per heavy atom. The van der Waals surface area contributed by atoms with Crippen molar-refractivity contribution in [2.75, 3.05) is 6.07 Å². The lowest BCUT2D eigenvalue weighted by atomic mass is 10.1. The standard InChI is InChI=1S/C10H13ClO4/c1-10(2)6(8(10)9(13)14)3-4-7(12)15-5-11/h3-4,6,8H,5H2,1-2H3,(H,13,14)/b4-3+. The number of carbonyl (C=O) groups is 2. The summed E-state index contributed by atoms with van der Waals surface area (Å²) < 4.78 is 4.48. The summed E-state index contributed by atoms with van der Waals surface area (Å²) in [6, 6.07) is -0.195. The second kappa shape index (κ2) is 4.23. The summed E-state index contributed by atoms with van der Waals surface area (Å²) in [6.45, 7) is 3.71. The van der Waals surface area contributed by atoms with Gasteiger partial charge >= 0.3 is 11.9 Å². The van der Waals surface area contributed by atoms with Gasteiger partial charge in [-0.1, -0.05) is 31.5 Å². The fraction of sp³-hybridized carbons (Fsp3) is 0.600. The van der Waals surface area contributed by atoms with Gasteiger partial charge in [0.15, 0.2) is 6.07 Å². The normalized spacial score (nSPS) is 27.7. The number of hydrogen-bond donors (Lipinski definition) is 1. The lowest BCUT2D eigenvalue weighted by Crippen LogP contribution is -2.03. The highest BCUT2D eigenvalue weighted by Crippen LogP contribution is 2.58. The number of hydrogen-bond acceptors (Lipinski definition) is 3. The Morgan fingerprint density at radius 1 is 1.53 bits per heavy atom. The van der Waals surface area contributed by atoms with Crippen molar-refractivity contribution in [3.05, 3.63) is 12.2 Å². The van der Waals surface area contributed by atoms with E-state index in [-0.39, 0.29) is 17.4 Å². The van der Waals surface area contributed by atoms with Crippen LogP contribution in [0, 0.1) is 17.3 Å². The Bertz CT molecular complexity index is 309. The number of ether oxygens (including phenoxy) is 1. The summed E-state index contributed by atoms with van der Waals surface area (Å²) >= 11 is 5.19. The predicted octanol–water partition coefficient (Wildman–Crippen LogP) is 1.64. The van der Waals surface area contributed by atoms with E-state index in [0.29, 0.717) is 0 Å². The summed E-state index contributed by atoms with van der Waals surface area (Å²) in [6.07, 6.45) is 2.81. The van der Waals surface area contributed by atoms with E-state index < -0.39 is 17.9 Å². The van der Waals surface area contributed by atoms with Crippen molar-refractivity contribution in [1.82, 2.24) is 0 Å². The molecule has 0 aliphatic heterocycles. The molecule has 0 spiro atoms. The zero-order chi connectivity index (χ0) is 11.6. The number of alkyl halides is 1. The topological polar surface area (TPSA) is 63.6 Å². The van der Waals surface area contributed by atoms with Crippen LogP contribution in [0.15, 0.2) is 12.2 Å². The van der Waals surface area contributed by atoms with Crippen molar-refractivity contribution in [3.8, 4) is 0 Å². The monoisotopic (exact) mass is 232 g/mol. The number of carboxylic acid groups (broad SMARTS) is 1. The Labute approximate surface area is 92.9 Å². The summed E-state index contributed by atoms with van der Waals surface area (Å²) in [5.41, 5.74) is -0.288. The van der Waals surface area contributed by atoms with E-state index in [9.17, 15) is 9.59 Å². The minimum Gasteiger partial charge on any atom is -0.481 e. The molecule has 1 aliphatic carbocycles. The summed E-state index contributed by atoms with van der Waals surface area (Å²) in [4.78, 5) is 21.7. The van der Waals surface area contributed by atoms with Gasteiger partial charge in [0.2, 0.25) is 0 Å². The SMILES string of the molecule is CC1(C)C(/C=C/C(=O)OCCl)C1C(=O)O. The highest BCUT2D eigenvalue weighted by molar-refractivity contribution is 6.17. The van der Waals surface area contributed by atoms with Crippen molar-refractivity contribution < 1.29 is 19.4 Å². The summed E-state index contributed by atoms with van der Waals surface area (Å²) in [5.74, 6) is -1.91. The van der Waals surface area contributed by atoms with Gasteiger partial charge in [0.05, 0.1) is 5.92 Å². The predicted molar refractivity (Wildman–Crippen MR) is 54.3 cm³/mol. The number of rotatable bonds is 4. The second-order valence-electron chi connectivity index (χ2n) is 4.09. The first kappa shape index (κ1) is 12.0.